The molecule has 90 valence electrons. The third-order valence-electron chi connectivity index (χ3n) is 2.30. The lowest BCUT2D eigenvalue weighted by atomic mass is 10.2. The molecule has 0 saturated heterocycles. The van der Waals surface area contributed by atoms with Gasteiger partial charge in [0, 0.05) is 18.7 Å². The maximum absolute atomic E-state index is 12.1. The summed E-state index contributed by atoms with van der Waals surface area (Å²) >= 11 is 0. The van der Waals surface area contributed by atoms with E-state index in [-0.39, 0.29) is 18.3 Å². The van der Waals surface area contributed by atoms with E-state index in [1.807, 2.05) is 35.2 Å². The Kier molecular flexibility index (Phi) is 7.65. The standard InChI is InChI=1S/C13H19NO.ClH/c1-3-10-14(11-4-2)13(15)12-8-6-5-7-9-12;/h5-9H,3-4,10-11H2,1-2H3;1H. The van der Waals surface area contributed by atoms with Crippen LogP contribution in [0.25, 0.3) is 0 Å². The molecule has 0 N–H and O–H groups in total. The molecular formula is C13H20ClNO. The molecule has 0 bridgehead atoms. The van der Waals surface area contributed by atoms with Crippen LogP contribution in [0.5, 0.6) is 0 Å². The van der Waals surface area contributed by atoms with Gasteiger partial charge in [-0.05, 0) is 25.0 Å². The molecule has 0 aliphatic heterocycles. The van der Waals surface area contributed by atoms with Gasteiger partial charge in [0.1, 0.15) is 0 Å². The minimum atomic E-state index is 0. The van der Waals surface area contributed by atoms with E-state index in [0.29, 0.717) is 0 Å². The molecule has 0 aliphatic carbocycles. The van der Waals surface area contributed by atoms with Gasteiger partial charge in [-0.15, -0.1) is 12.4 Å². The summed E-state index contributed by atoms with van der Waals surface area (Å²) in [4.78, 5) is 14.0. The number of amides is 1. The Morgan fingerprint density at radius 3 is 2.00 bits per heavy atom. The van der Waals surface area contributed by atoms with Gasteiger partial charge in [0.2, 0.25) is 0 Å². The van der Waals surface area contributed by atoms with E-state index in [4.69, 9.17) is 0 Å². The van der Waals surface area contributed by atoms with E-state index in [9.17, 15) is 4.79 Å². The van der Waals surface area contributed by atoms with Crippen LogP contribution in [0, 0.1) is 0 Å². The maximum atomic E-state index is 12.1. The number of hydrogen-bond acceptors (Lipinski definition) is 1. The van der Waals surface area contributed by atoms with Crippen molar-refractivity contribution in [3.63, 3.8) is 0 Å². The van der Waals surface area contributed by atoms with Gasteiger partial charge in [-0.25, -0.2) is 0 Å². The molecule has 0 heterocycles. The van der Waals surface area contributed by atoms with Crippen LogP contribution in [0.4, 0.5) is 0 Å². The second kappa shape index (κ2) is 8.17. The summed E-state index contributed by atoms with van der Waals surface area (Å²) in [5.41, 5.74) is 0.791. The van der Waals surface area contributed by atoms with E-state index < -0.39 is 0 Å². The summed E-state index contributed by atoms with van der Waals surface area (Å²) in [5, 5.41) is 0. The fourth-order valence-electron chi connectivity index (χ4n) is 1.62. The van der Waals surface area contributed by atoms with Gasteiger partial charge in [0.25, 0.3) is 5.91 Å². The molecule has 16 heavy (non-hydrogen) atoms. The van der Waals surface area contributed by atoms with Gasteiger partial charge in [-0.3, -0.25) is 4.79 Å². The number of nitrogens with zero attached hydrogens (tertiary/aromatic N) is 1. The SMILES string of the molecule is CCCN(CCC)C(=O)c1ccccc1.Cl. The van der Waals surface area contributed by atoms with E-state index >= 15 is 0 Å². The van der Waals surface area contributed by atoms with E-state index in [2.05, 4.69) is 13.8 Å². The smallest absolute Gasteiger partial charge is 0.253 e. The number of rotatable bonds is 5. The first-order valence-corrected chi connectivity index (χ1v) is 5.64. The maximum Gasteiger partial charge on any atom is 0.253 e. The van der Waals surface area contributed by atoms with E-state index in [0.717, 1.165) is 31.5 Å². The topological polar surface area (TPSA) is 20.3 Å². The molecule has 1 amide bonds. The Balaban J connectivity index is 0.00000225. The summed E-state index contributed by atoms with van der Waals surface area (Å²) < 4.78 is 0. The Hall–Kier alpha value is -1.02. The quantitative estimate of drug-likeness (QED) is 0.774. The average molecular weight is 242 g/mol. The summed E-state index contributed by atoms with van der Waals surface area (Å²) in [5.74, 6) is 0.152. The third-order valence-corrected chi connectivity index (χ3v) is 2.30. The fraction of sp³-hybridized carbons (Fsp3) is 0.462. The summed E-state index contributed by atoms with van der Waals surface area (Å²) in [6.45, 7) is 5.89. The molecule has 0 spiro atoms. The number of hydrogen-bond donors (Lipinski definition) is 0. The lowest BCUT2D eigenvalue weighted by Gasteiger charge is -2.21. The van der Waals surface area contributed by atoms with Gasteiger partial charge >= 0.3 is 0 Å². The Labute approximate surface area is 104 Å². The minimum Gasteiger partial charge on any atom is -0.339 e. The largest absolute Gasteiger partial charge is 0.339 e. The second-order valence-electron chi connectivity index (χ2n) is 3.66. The highest BCUT2D eigenvalue weighted by molar-refractivity contribution is 5.94. The molecule has 0 aromatic heterocycles. The zero-order valence-corrected chi connectivity index (χ0v) is 10.8. The number of carbonyl (C=O) groups excluding carboxylic acids is 1. The predicted octanol–water partition coefficient (Wildman–Crippen LogP) is 3.37. The Morgan fingerprint density at radius 1 is 1.06 bits per heavy atom. The Bertz CT molecular complexity index is 294. The summed E-state index contributed by atoms with van der Waals surface area (Å²) in [6.07, 6.45) is 2.02. The van der Waals surface area contributed by atoms with Gasteiger partial charge in [-0.2, -0.15) is 0 Å². The molecule has 1 aromatic carbocycles. The van der Waals surface area contributed by atoms with E-state index in [1.54, 1.807) is 0 Å². The normalized spacial score (nSPS) is 9.38. The number of benzene rings is 1. The lowest BCUT2D eigenvalue weighted by molar-refractivity contribution is 0.0755. The van der Waals surface area contributed by atoms with Crippen LogP contribution in [0.1, 0.15) is 37.0 Å². The molecule has 0 unspecified atom stereocenters. The molecule has 3 heteroatoms. The summed E-state index contributed by atoms with van der Waals surface area (Å²) in [7, 11) is 0. The van der Waals surface area contributed by atoms with Crippen molar-refractivity contribution in [3.05, 3.63) is 35.9 Å². The molecule has 1 aromatic rings. The van der Waals surface area contributed by atoms with Crippen molar-refractivity contribution in [2.75, 3.05) is 13.1 Å². The lowest BCUT2D eigenvalue weighted by Crippen LogP contribution is -2.32. The van der Waals surface area contributed by atoms with Gasteiger partial charge in [0.05, 0.1) is 0 Å². The average Bonchev–Trinajstić information content (AvgIpc) is 2.29. The van der Waals surface area contributed by atoms with Crippen molar-refractivity contribution in [1.29, 1.82) is 0 Å². The van der Waals surface area contributed by atoms with Crippen molar-refractivity contribution in [3.8, 4) is 0 Å². The van der Waals surface area contributed by atoms with Crippen LogP contribution >= 0.6 is 12.4 Å². The zero-order valence-electron chi connectivity index (χ0n) is 9.98. The van der Waals surface area contributed by atoms with Crippen LogP contribution in [-0.2, 0) is 0 Å². The first-order valence-electron chi connectivity index (χ1n) is 5.64. The number of halogens is 1. The summed E-state index contributed by atoms with van der Waals surface area (Å²) in [6, 6.07) is 9.49. The van der Waals surface area contributed by atoms with Crippen LogP contribution in [0.15, 0.2) is 30.3 Å². The highest BCUT2D eigenvalue weighted by Gasteiger charge is 2.12. The van der Waals surface area contributed by atoms with Crippen molar-refractivity contribution < 1.29 is 4.79 Å². The van der Waals surface area contributed by atoms with Crippen molar-refractivity contribution in [2.24, 2.45) is 0 Å². The first-order chi connectivity index (χ1) is 7.29. The second-order valence-corrected chi connectivity index (χ2v) is 3.66. The van der Waals surface area contributed by atoms with Crippen LogP contribution in [0.3, 0.4) is 0 Å². The molecule has 0 atom stereocenters. The zero-order chi connectivity index (χ0) is 11.1. The Morgan fingerprint density at radius 2 is 1.56 bits per heavy atom. The molecule has 0 saturated carbocycles. The van der Waals surface area contributed by atoms with Gasteiger partial charge in [0.15, 0.2) is 0 Å². The van der Waals surface area contributed by atoms with Crippen LogP contribution in [0.2, 0.25) is 0 Å². The van der Waals surface area contributed by atoms with E-state index in [1.165, 1.54) is 0 Å². The highest BCUT2D eigenvalue weighted by atomic mass is 35.5. The fourth-order valence-corrected chi connectivity index (χ4v) is 1.62. The predicted molar refractivity (Wildman–Crippen MR) is 70.2 cm³/mol. The minimum absolute atomic E-state index is 0. The van der Waals surface area contributed by atoms with Crippen molar-refractivity contribution in [2.45, 2.75) is 26.7 Å². The van der Waals surface area contributed by atoms with Crippen molar-refractivity contribution in [1.82, 2.24) is 4.90 Å². The first kappa shape index (κ1) is 15.0. The van der Waals surface area contributed by atoms with Crippen LogP contribution < -0.4 is 0 Å². The van der Waals surface area contributed by atoms with Crippen LogP contribution in [-0.4, -0.2) is 23.9 Å². The molecular weight excluding hydrogens is 222 g/mol. The third kappa shape index (κ3) is 4.23. The molecule has 2 nitrogen and oxygen atoms in total. The van der Waals surface area contributed by atoms with Crippen molar-refractivity contribution >= 4 is 18.3 Å². The molecule has 0 fully saturated rings. The molecule has 0 radical (unpaired) electrons. The van der Waals surface area contributed by atoms with Gasteiger partial charge in [-0.1, -0.05) is 32.0 Å². The monoisotopic (exact) mass is 241 g/mol. The van der Waals surface area contributed by atoms with Gasteiger partial charge < -0.3 is 4.90 Å². The highest BCUT2D eigenvalue weighted by Crippen LogP contribution is 2.05. The molecule has 0 aliphatic rings. The number of carbonyl (C=O) groups is 1. The molecule has 1 rings (SSSR count).